The van der Waals surface area contributed by atoms with Crippen molar-refractivity contribution in [1.82, 2.24) is 15.0 Å². The first-order valence-electron chi connectivity index (χ1n) is 5.07. The van der Waals surface area contributed by atoms with Crippen molar-refractivity contribution >= 4 is 17.6 Å². The minimum atomic E-state index is 0.118. The minimum absolute atomic E-state index is 0.118. The molecular weight excluding hydrogens is 218 g/mol. The molecule has 88 valence electrons. The van der Waals surface area contributed by atoms with Gasteiger partial charge in [0, 0.05) is 5.69 Å². The molecule has 0 aliphatic carbocycles. The van der Waals surface area contributed by atoms with E-state index in [1.54, 1.807) is 0 Å². The highest BCUT2D eigenvalue weighted by Crippen LogP contribution is 2.18. The Balaban J connectivity index is 2.30. The molecule has 0 saturated heterocycles. The minimum Gasteiger partial charge on any atom is -0.467 e. The third kappa shape index (κ3) is 2.60. The molecule has 3 N–H and O–H groups in total. The summed E-state index contributed by atoms with van der Waals surface area (Å²) in [4.78, 5) is 11.8. The van der Waals surface area contributed by atoms with E-state index in [0.29, 0.717) is 5.95 Å². The third-order valence-electron chi connectivity index (χ3n) is 2.21. The van der Waals surface area contributed by atoms with Crippen LogP contribution >= 0.6 is 0 Å². The van der Waals surface area contributed by atoms with Crippen LogP contribution in [0.3, 0.4) is 0 Å². The number of ether oxygens (including phenoxy) is 1. The SMILES string of the molecule is COc1nc(N)nc(Nc2ccccc2C)n1. The second-order valence-electron chi connectivity index (χ2n) is 3.44. The molecule has 1 aromatic heterocycles. The second-order valence-corrected chi connectivity index (χ2v) is 3.44. The van der Waals surface area contributed by atoms with Crippen LogP contribution in [0.4, 0.5) is 17.6 Å². The van der Waals surface area contributed by atoms with Gasteiger partial charge in [-0.2, -0.15) is 15.0 Å². The quantitative estimate of drug-likeness (QED) is 0.832. The van der Waals surface area contributed by atoms with Gasteiger partial charge >= 0.3 is 6.01 Å². The van der Waals surface area contributed by atoms with Gasteiger partial charge in [-0.15, -0.1) is 0 Å². The molecule has 0 bridgehead atoms. The van der Waals surface area contributed by atoms with Crippen molar-refractivity contribution in [2.45, 2.75) is 6.92 Å². The molecule has 2 rings (SSSR count). The van der Waals surface area contributed by atoms with Gasteiger partial charge in [-0.05, 0) is 18.6 Å². The van der Waals surface area contributed by atoms with E-state index in [2.05, 4.69) is 20.3 Å². The highest BCUT2D eigenvalue weighted by atomic mass is 16.5. The molecule has 0 spiro atoms. The maximum absolute atomic E-state index is 5.54. The number of methoxy groups -OCH3 is 1. The average Bonchev–Trinajstić information content (AvgIpc) is 2.31. The maximum atomic E-state index is 5.54. The van der Waals surface area contributed by atoms with Crippen molar-refractivity contribution in [3.8, 4) is 6.01 Å². The molecule has 1 aromatic carbocycles. The zero-order valence-electron chi connectivity index (χ0n) is 9.64. The normalized spacial score (nSPS) is 10.0. The maximum Gasteiger partial charge on any atom is 0.322 e. The molecule has 0 aliphatic heterocycles. The largest absolute Gasteiger partial charge is 0.467 e. The summed E-state index contributed by atoms with van der Waals surface area (Å²) in [5, 5.41) is 3.07. The van der Waals surface area contributed by atoms with E-state index in [0.717, 1.165) is 11.3 Å². The standard InChI is InChI=1S/C11H13N5O/c1-7-5-3-4-6-8(7)13-10-14-9(12)15-11(16-10)17-2/h3-6H,1-2H3,(H3,12,13,14,15,16). The van der Waals surface area contributed by atoms with E-state index in [9.17, 15) is 0 Å². The van der Waals surface area contributed by atoms with Gasteiger partial charge in [-0.25, -0.2) is 0 Å². The van der Waals surface area contributed by atoms with Gasteiger partial charge in [0.05, 0.1) is 7.11 Å². The molecule has 1 heterocycles. The molecule has 17 heavy (non-hydrogen) atoms. The molecule has 0 fully saturated rings. The first-order chi connectivity index (χ1) is 8.19. The van der Waals surface area contributed by atoms with Crippen LogP contribution in [0, 0.1) is 6.92 Å². The summed E-state index contributed by atoms with van der Waals surface area (Å²) >= 11 is 0. The Morgan fingerprint density at radius 2 is 1.94 bits per heavy atom. The van der Waals surface area contributed by atoms with Crippen molar-refractivity contribution in [3.63, 3.8) is 0 Å². The molecule has 0 unspecified atom stereocenters. The Hall–Kier alpha value is -2.37. The van der Waals surface area contributed by atoms with Crippen molar-refractivity contribution in [1.29, 1.82) is 0 Å². The number of nitrogens with zero attached hydrogens (tertiary/aromatic N) is 3. The van der Waals surface area contributed by atoms with Crippen LogP contribution in [0.1, 0.15) is 5.56 Å². The molecule has 0 atom stereocenters. The van der Waals surface area contributed by atoms with Crippen LogP contribution in [-0.4, -0.2) is 22.1 Å². The van der Waals surface area contributed by atoms with Crippen LogP contribution in [0.5, 0.6) is 6.01 Å². The van der Waals surface area contributed by atoms with E-state index in [4.69, 9.17) is 10.5 Å². The predicted octanol–water partition coefficient (Wildman–Crippen LogP) is 1.51. The van der Waals surface area contributed by atoms with Crippen LogP contribution in [0.25, 0.3) is 0 Å². The van der Waals surface area contributed by atoms with Gasteiger partial charge in [-0.3, -0.25) is 0 Å². The number of para-hydroxylation sites is 1. The molecule has 0 amide bonds. The number of benzene rings is 1. The topological polar surface area (TPSA) is 86.0 Å². The summed E-state index contributed by atoms with van der Waals surface area (Å²) < 4.78 is 4.92. The van der Waals surface area contributed by atoms with E-state index in [1.165, 1.54) is 7.11 Å². The van der Waals surface area contributed by atoms with Gasteiger partial charge in [-0.1, -0.05) is 18.2 Å². The summed E-state index contributed by atoms with van der Waals surface area (Å²) in [5.41, 5.74) is 7.55. The van der Waals surface area contributed by atoms with Crippen molar-refractivity contribution in [2.75, 3.05) is 18.2 Å². The fourth-order valence-electron chi connectivity index (χ4n) is 1.35. The molecular formula is C11H13N5O. The lowest BCUT2D eigenvalue weighted by Crippen LogP contribution is -2.05. The first-order valence-corrected chi connectivity index (χ1v) is 5.07. The molecule has 0 saturated carbocycles. The van der Waals surface area contributed by atoms with Crippen LogP contribution in [-0.2, 0) is 0 Å². The van der Waals surface area contributed by atoms with E-state index >= 15 is 0 Å². The van der Waals surface area contributed by atoms with Gasteiger partial charge in [0.1, 0.15) is 0 Å². The molecule has 2 aromatic rings. The Bertz CT molecular complexity index is 529. The zero-order chi connectivity index (χ0) is 12.3. The van der Waals surface area contributed by atoms with Crippen molar-refractivity contribution < 1.29 is 4.74 Å². The molecule has 0 aliphatic rings. The van der Waals surface area contributed by atoms with Gasteiger partial charge in [0.25, 0.3) is 0 Å². The monoisotopic (exact) mass is 231 g/mol. The van der Waals surface area contributed by atoms with E-state index in [1.807, 2.05) is 31.2 Å². The third-order valence-corrected chi connectivity index (χ3v) is 2.21. The lowest BCUT2D eigenvalue weighted by Gasteiger charge is -2.08. The Labute approximate surface area is 98.9 Å². The summed E-state index contributed by atoms with van der Waals surface area (Å²) in [6, 6.07) is 8.00. The van der Waals surface area contributed by atoms with Crippen molar-refractivity contribution in [2.24, 2.45) is 0 Å². The average molecular weight is 231 g/mol. The molecule has 0 radical (unpaired) electrons. The molecule has 6 nitrogen and oxygen atoms in total. The fourth-order valence-corrected chi connectivity index (χ4v) is 1.35. The van der Waals surface area contributed by atoms with Gasteiger partial charge in [0.2, 0.25) is 11.9 Å². The number of nitrogens with one attached hydrogen (secondary N) is 1. The summed E-state index contributed by atoms with van der Waals surface area (Å²) in [5.74, 6) is 0.483. The van der Waals surface area contributed by atoms with Gasteiger partial charge < -0.3 is 15.8 Å². The van der Waals surface area contributed by atoms with Crippen LogP contribution in [0.15, 0.2) is 24.3 Å². The Kier molecular flexibility index (Phi) is 3.04. The summed E-state index contributed by atoms with van der Waals surface area (Å²) in [7, 11) is 1.48. The number of hydrogen-bond acceptors (Lipinski definition) is 6. The predicted molar refractivity (Wildman–Crippen MR) is 65.3 cm³/mol. The zero-order valence-corrected chi connectivity index (χ0v) is 9.64. The molecule has 6 heteroatoms. The lowest BCUT2D eigenvalue weighted by atomic mass is 10.2. The Morgan fingerprint density at radius 3 is 2.65 bits per heavy atom. The number of nitrogen functional groups attached to an aromatic ring is 1. The number of hydrogen-bond donors (Lipinski definition) is 2. The number of aromatic nitrogens is 3. The fraction of sp³-hybridized carbons (Fsp3) is 0.182. The highest BCUT2D eigenvalue weighted by molar-refractivity contribution is 5.58. The van der Waals surface area contributed by atoms with Crippen LogP contribution < -0.4 is 15.8 Å². The summed E-state index contributed by atoms with van der Waals surface area (Å²) in [6.45, 7) is 1.99. The number of rotatable bonds is 3. The van der Waals surface area contributed by atoms with E-state index in [-0.39, 0.29) is 12.0 Å². The van der Waals surface area contributed by atoms with Crippen molar-refractivity contribution in [3.05, 3.63) is 29.8 Å². The van der Waals surface area contributed by atoms with Crippen LogP contribution in [0.2, 0.25) is 0 Å². The number of nitrogens with two attached hydrogens (primary N) is 1. The highest BCUT2D eigenvalue weighted by Gasteiger charge is 2.05. The lowest BCUT2D eigenvalue weighted by molar-refractivity contribution is 0.380. The second kappa shape index (κ2) is 4.65. The number of anilines is 3. The first kappa shape index (κ1) is 11.1. The van der Waals surface area contributed by atoms with E-state index < -0.39 is 0 Å². The summed E-state index contributed by atoms with van der Waals surface area (Å²) in [6.07, 6.45) is 0. The smallest absolute Gasteiger partial charge is 0.322 e. The number of aryl methyl sites for hydroxylation is 1. The Morgan fingerprint density at radius 1 is 1.18 bits per heavy atom. The van der Waals surface area contributed by atoms with Gasteiger partial charge in [0.15, 0.2) is 0 Å².